The monoisotopic (exact) mass is 402 g/mol. The number of benzene rings is 2. The van der Waals surface area contributed by atoms with E-state index in [0.717, 1.165) is 5.56 Å². The number of hydrogen-bond acceptors (Lipinski definition) is 5. The highest BCUT2D eigenvalue weighted by atomic mass is 35.5. The molecule has 1 N–H and O–H groups in total. The predicted octanol–water partition coefficient (Wildman–Crippen LogP) is 3.32. The van der Waals surface area contributed by atoms with Gasteiger partial charge in [0.05, 0.1) is 17.9 Å². The van der Waals surface area contributed by atoms with Gasteiger partial charge in [0.25, 0.3) is 0 Å². The molecule has 0 aliphatic carbocycles. The molecule has 1 aromatic heterocycles. The van der Waals surface area contributed by atoms with Gasteiger partial charge < -0.3 is 4.74 Å². The topological polar surface area (TPSA) is 84.4 Å². The Morgan fingerprint density at radius 1 is 1.15 bits per heavy atom. The van der Waals surface area contributed by atoms with Crippen molar-refractivity contribution in [3.05, 3.63) is 77.7 Å². The van der Waals surface area contributed by atoms with E-state index in [-0.39, 0.29) is 6.54 Å². The summed E-state index contributed by atoms with van der Waals surface area (Å²) in [5.41, 5.74) is 1.33. The highest BCUT2D eigenvalue weighted by Crippen LogP contribution is 2.35. The SMILES string of the molecule is O=S1(=O)NCC(c2cccc(Oc3cnccn3)c2)N1c1ccc(Cl)cc1. The van der Waals surface area contributed by atoms with Gasteiger partial charge >= 0.3 is 10.2 Å². The van der Waals surface area contributed by atoms with Crippen LogP contribution in [-0.2, 0) is 10.2 Å². The normalized spacial score (nSPS) is 18.4. The molecule has 4 rings (SSSR count). The van der Waals surface area contributed by atoms with Crippen molar-refractivity contribution in [3.8, 4) is 11.6 Å². The Labute approximate surface area is 161 Å². The molecule has 9 heteroatoms. The molecule has 0 bridgehead atoms. The molecule has 0 saturated carbocycles. The van der Waals surface area contributed by atoms with Crippen molar-refractivity contribution in [2.75, 3.05) is 10.8 Å². The molecule has 27 heavy (non-hydrogen) atoms. The minimum Gasteiger partial charge on any atom is -0.437 e. The maximum Gasteiger partial charge on any atom is 0.302 e. The van der Waals surface area contributed by atoms with Crippen molar-refractivity contribution < 1.29 is 13.2 Å². The van der Waals surface area contributed by atoms with Crippen LogP contribution < -0.4 is 13.8 Å². The third kappa shape index (κ3) is 3.73. The average molecular weight is 403 g/mol. The van der Waals surface area contributed by atoms with Crippen molar-refractivity contribution in [2.24, 2.45) is 0 Å². The van der Waals surface area contributed by atoms with E-state index in [0.29, 0.717) is 22.3 Å². The number of nitrogens with zero attached hydrogens (tertiary/aromatic N) is 3. The molecule has 3 aromatic rings. The highest BCUT2D eigenvalue weighted by Gasteiger charge is 2.38. The van der Waals surface area contributed by atoms with Crippen molar-refractivity contribution in [3.63, 3.8) is 0 Å². The molecule has 7 nitrogen and oxygen atoms in total. The van der Waals surface area contributed by atoms with Gasteiger partial charge in [-0.15, -0.1) is 0 Å². The molecule has 1 fully saturated rings. The molecule has 0 radical (unpaired) electrons. The fourth-order valence-corrected chi connectivity index (χ4v) is 4.47. The van der Waals surface area contributed by atoms with Crippen LogP contribution in [0.15, 0.2) is 67.1 Å². The molecular weight excluding hydrogens is 388 g/mol. The lowest BCUT2D eigenvalue weighted by Gasteiger charge is -2.24. The zero-order valence-electron chi connectivity index (χ0n) is 14.0. The fraction of sp³-hybridized carbons (Fsp3) is 0.111. The van der Waals surface area contributed by atoms with Crippen LogP contribution in [0.4, 0.5) is 5.69 Å². The number of rotatable bonds is 4. The summed E-state index contributed by atoms with van der Waals surface area (Å²) in [6.07, 6.45) is 4.60. The molecule has 1 atom stereocenters. The van der Waals surface area contributed by atoms with Gasteiger partial charge in [-0.3, -0.25) is 4.98 Å². The number of ether oxygens (including phenoxy) is 1. The second kappa shape index (κ2) is 7.15. The molecule has 1 aliphatic heterocycles. The van der Waals surface area contributed by atoms with Crippen LogP contribution in [-0.4, -0.2) is 24.9 Å². The van der Waals surface area contributed by atoms with Crippen LogP contribution in [0.25, 0.3) is 0 Å². The summed E-state index contributed by atoms with van der Waals surface area (Å²) < 4.78 is 34.7. The lowest BCUT2D eigenvalue weighted by molar-refractivity contribution is 0.459. The third-order valence-corrected chi connectivity index (χ3v) is 5.85. The lowest BCUT2D eigenvalue weighted by atomic mass is 10.1. The van der Waals surface area contributed by atoms with Gasteiger partial charge in [0.15, 0.2) is 0 Å². The van der Waals surface area contributed by atoms with E-state index in [1.54, 1.807) is 42.6 Å². The number of nitrogens with one attached hydrogen (secondary N) is 1. The van der Waals surface area contributed by atoms with Crippen LogP contribution in [0.5, 0.6) is 11.6 Å². The first kappa shape index (κ1) is 17.7. The van der Waals surface area contributed by atoms with Crippen molar-refractivity contribution >= 4 is 27.5 Å². The Kier molecular flexibility index (Phi) is 4.69. The summed E-state index contributed by atoms with van der Waals surface area (Å²) in [6, 6.07) is 13.5. The minimum absolute atomic E-state index is 0.250. The first-order valence-electron chi connectivity index (χ1n) is 8.11. The first-order chi connectivity index (χ1) is 13.0. The number of aromatic nitrogens is 2. The average Bonchev–Trinajstić information content (AvgIpc) is 2.99. The molecular formula is C18H15ClN4O3S. The van der Waals surface area contributed by atoms with Crippen LogP contribution >= 0.6 is 11.6 Å². The molecule has 2 aromatic carbocycles. The molecule has 1 aliphatic rings. The van der Waals surface area contributed by atoms with Gasteiger partial charge in [0.2, 0.25) is 5.88 Å². The van der Waals surface area contributed by atoms with Crippen LogP contribution in [0.3, 0.4) is 0 Å². The summed E-state index contributed by atoms with van der Waals surface area (Å²) in [5.74, 6) is 0.912. The zero-order valence-corrected chi connectivity index (χ0v) is 15.6. The molecule has 0 spiro atoms. The summed E-state index contributed by atoms with van der Waals surface area (Å²) in [6.45, 7) is 0.250. The van der Waals surface area contributed by atoms with Crippen molar-refractivity contribution in [1.29, 1.82) is 0 Å². The number of halogens is 1. The zero-order chi connectivity index (χ0) is 18.9. The van der Waals surface area contributed by atoms with E-state index >= 15 is 0 Å². The molecule has 1 saturated heterocycles. The molecule has 2 heterocycles. The summed E-state index contributed by atoms with van der Waals surface area (Å²) in [5, 5.41) is 0.541. The van der Waals surface area contributed by atoms with Gasteiger partial charge in [-0.2, -0.15) is 13.1 Å². The summed E-state index contributed by atoms with van der Waals surface area (Å²) in [4.78, 5) is 8.04. The van der Waals surface area contributed by atoms with E-state index < -0.39 is 16.3 Å². The van der Waals surface area contributed by atoms with Gasteiger partial charge in [0.1, 0.15) is 5.75 Å². The number of hydrogen-bond donors (Lipinski definition) is 1. The van der Waals surface area contributed by atoms with Crippen LogP contribution in [0.1, 0.15) is 11.6 Å². The van der Waals surface area contributed by atoms with Crippen molar-refractivity contribution in [2.45, 2.75) is 6.04 Å². The standard InChI is InChI=1S/C18H15ClN4O3S/c19-14-4-6-15(7-5-14)23-17(11-22-27(23,24)25)13-2-1-3-16(10-13)26-18-12-20-8-9-21-18/h1-10,12,17,22H,11H2. The Morgan fingerprint density at radius 2 is 1.96 bits per heavy atom. The molecule has 138 valence electrons. The summed E-state index contributed by atoms with van der Waals surface area (Å²) >= 11 is 5.93. The quantitative estimate of drug-likeness (QED) is 0.723. The fourth-order valence-electron chi connectivity index (χ4n) is 2.91. The van der Waals surface area contributed by atoms with Crippen LogP contribution in [0, 0.1) is 0 Å². The van der Waals surface area contributed by atoms with Gasteiger partial charge in [-0.25, -0.2) is 9.29 Å². The Bertz CT molecular complexity index is 1050. The maximum absolute atomic E-state index is 12.5. The lowest BCUT2D eigenvalue weighted by Crippen LogP contribution is -2.30. The summed E-state index contributed by atoms with van der Waals surface area (Å²) in [7, 11) is -3.64. The third-order valence-electron chi connectivity index (χ3n) is 4.09. The van der Waals surface area contributed by atoms with Crippen LogP contribution in [0.2, 0.25) is 5.02 Å². The second-order valence-electron chi connectivity index (χ2n) is 5.86. The predicted molar refractivity (Wildman–Crippen MR) is 102 cm³/mol. The molecule has 0 amide bonds. The van der Waals surface area contributed by atoms with E-state index in [1.165, 1.54) is 16.7 Å². The Balaban J connectivity index is 1.67. The van der Waals surface area contributed by atoms with E-state index in [1.807, 2.05) is 12.1 Å². The van der Waals surface area contributed by atoms with E-state index in [2.05, 4.69) is 14.7 Å². The number of anilines is 1. The van der Waals surface area contributed by atoms with E-state index in [4.69, 9.17) is 16.3 Å². The Hall–Kier alpha value is -2.68. The minimum atomic E-state index is -3.64. The Morgan fingerprint density at radius 3 is 2.70 bits per heavy atom. The van der Waals surface area contributed by atoms with Gasteiger partial charge in [0, 0.05) is 24.0 Å². The smallest absolute Gasteiger partial charge is 0.302 e. The van der Waals surface area contributed by atoms with Gasteiger partial charge in [-0.05, 0) is 42.0 Å². The maximum atomic E-state index is 12.5. The first-order valence-corrected chi connectivity index (χ1v) is 9.93. The molecule has 1 unspecified atom stereocenters. The highest BCUT2D eigenvalue weighted by molar-refractivity contribution is 7.91. The van der Waals surface area contributed by atoms with Crippen molar-refractivity contribution in [1.82, 2.24) is 14.7 Å². The second-order valence-corrected chi connectivity index (χ2v) is 7.93. The largest absolute Gasteiger partial charge is 0.437 e. The van der Waals surface area contributed by atoms with Gasteiger partial charge in [-0.1, -0.05) is 23.7 Å². The van der Waals surface area contributed by atoms with E-state index in [9.17, 15) is 8.42 Å².